The lowest BCUT2D eigenvalue weighted by atomic mass is 10.4. The molecule has 0 aromatic carbocycles. The second-order valence-electron chi connectivity index (χ2n) is 3.79. The molecule has 0 aliphatic rings. The van der Waals surface area contributed by atoms with E-state index in [2.05, 4.69) is 20.1 Å². The molecule has 3 heterocycles. The molecule has 3 rings (SSSR count). The van der Waals surface area contributed by atoms with Crippen LogP contribution in [0.4, 0.5) is 0 Å². The predicted molar refractivity (Wildman–Crippen MR) is 67.0 cm³/mol. The average molecular weight is 280 g/mol. The molecular formula is C11H10ClN5O2. The highest BCUT2D eigenvalue weighted by atomic mass is 35.5. The van der Waals surface area contributed by atoms with E-state index >= 15 is 0 Å². The Morgan fingerprint density at radius 2 is 2.26 bits per heavy atom. The summed E-state index contributed by atoms with van der Waals surface area (Å²) in [6.45, 7) is 0.398. The number of alkyl halides is 1. The molecule has 0 saturated heterocycles. The molecule has 0 amide bonds. The molecule has 0 bridgehead atoms. The largest absolute Gasteiger partial charge is 0.481 e. The highest BCUT2D eigenvalue weighted by Crippen LogP contribution is 2.19. The third-order valence-electron chi connectivity index (χ3n) is 2.68. The van der Waals surface area contributed by atoms with Crippen molar-refractivity contribution in [2.75, 3.05) is 7.11 Å². The number of nitrogens with zero attached hydrogens (tertiary/aromatic N) is 5. The number of hydrogen-bond donors (Lipinski definition) is 0. The van der Waals surface area contributed by atoms with Gasteiger partial charge in [0.2, 0.25) is 12.3 Å². The minimum Gasteiger partial charge on any atom is -0.481 e. The molecule has 3 aromatic rings. The third kappa shape index (κ3) is 2.12. The zero-order valence-corrected chi connectivity index (χ0v) is 10.8. The van der Waals surface area contributed by atoms with Gasteiger partial charge in [0, 0.05) is 6.07 Å². The molecule has 8 heteroatoms. The summed E-state index contributed by atoms with van der Waals surface area (Å²) in [7, 11) is 1.57. The maximum atomic E-state index is 5.91. The molecular weight excluding hydrogens is 270 g/mol. The van der Waals surface area contributed by atoms with Crippen molar-refractivity contribution in [1.82, 2.24) is 24.7 Å². The van der Waals surface area contributed by atoms with Crippen LogP contribution in [0.2, 0.25) is 0 Å². The summed E-state index contributed by atoms with van der Waals surface area (Å²) in [5.41, 5.74) is 1.43. The van der Waals surface area contributed by atoms with Gasteiger partial charge < -0.3 is 13.8 Å². The summed E-state index contributed by atoms with van der Waals surface area (Å²) < 4.78 is 11.7. The van der Waals surface area contributed by atoms with Crippen LogP contribution < -0.4 is 4.74 Å². The van der Waals surface area contributed by atoms with E-state index in [0.717, 1.165) is 5.52 Å². The Morgan fingerprint density at radius 1 is 1.37 bits per heavy atom. The van der Waals surface area contributed by atoms with Crippen LogP contribution in [-0.2, 0) is 12.4 Å². The molecule has 7 nitrogen and oxygen atoms in total. The molecule has 0 unspecified atom stereocenters. The number of halogens is 1. The van der Waals surface area contributed by atoms with Crippen molar-refractivity contribution in [2.24, 2.45) is 0 Å². The number of imidazole rings is 1. The van der Waals surface area contributed by atoms with E-state index in [1.54, 1.807) is 13.2 Å². The Bertz CT molecular complexity index is 694. The van der Waals surface area contributed by atoms with Crippen molar-refractivity contribution in [3.63, 3.8) is 0 Å². The first-order chi connectivity index (χ1) is 9.31. The number of ether oxygens (including phenoxy) is 1. The van der Waals surface area contributed by atoms with Crippen LogP contribution in [0.15, 0.2) is 23.0 Å². The van der Waals surface area contributed by atoms with E-state index in [4.69, 9.17) is 20.9 Å². The van der Waals surface area contributed by atoms with E-state index in [-0.39, 0.29) is 5.88 Å². The molecule has 0 spiro atoms. The Labute approximate surface area is 113 Å². The van der Waals surface area contributed by atoms with E-state index in [9.17, 15) is 0 Å². The van der Waals surface area contributed by atoms with Crippen LogP contribution in [0.25, 0.3) is 11.2 Å². The van der Waals surface area contributed by atoms with Gasteiger partial charge in [0.05, 0.1) is 19.5 Å². The lowest BCUT2D eigenvalue weighted by Crippen LogP contribution is -2.06. The predicted octanol–water partition coefficient (Wildman–Crippen LogP) is 1.61. The van der Waals surface area contributed by atoms with E-state index in [0.29, 0.717) is 29.7 Å². The number of aromatic nitrogens is 5. The zero-order chi connectivity index (χ0) is 13.2. The lowest BCUT2D eigenvalue weighted by molar-refractivity contribution is 0.398. The fourth-order valence-electron chi connectivity index (χ4n) is 1.82. The summed E-state index contributed by atoms with van der Waals surface area (Å²) in [4.78, 5) is 12.8. The fraction of sp³-hybridized carbons (Fsp3) is 0.273. The van der Waals surface area contributed by atoms with Gasteiger partial charge in [-0.2, -0.15) is 9.97 Å². The Kier molecular flexibility index (Phi) is 3.04. The second kappa shape index (κ2) is 4.85. The highest BCUT2D eigenvalue weighted by molar-refractivity contribution is 6.16. The topological polar surface area (TPSA) is 78.9 Å². The van der Waals surface area contributed by atoms with Gasteiger partial charge >= 0.3 is 0 Å². The smallest absolute Gasteiger partial charge is 0.215 e. The number of methoxy groups -OCH3 is 1. The molecule has 19 heavy (non-hydrogen) atoms. The van der Waals surface area contributed by atoms with Gasteiger partial charge in [-0.1, -0.05) is 5.16 Å². The minimum absolute atomic E-state index is 0.274. The zero-order valence-electron chi connectivity index (χ0n) is 10.1. The van der Waals surface area contributed by atoms with Crippen LogP contribution in [0.5, 0.6) is 5.88 Å². The number of hydrogen-bond acceptors (Lipinski definition) is 6. The van der Waals surface area contributed by atoms with E-state index < -0.39 is 0 Å². The molecule has 3 aromatic heterocycles. The van der Waals surface area contributed by atoms with Crippen molar-refractivity contribution >= 4 is 22.8 Å². The molecule has 0 N–H and O–H groups in total. The Hall–Kier alpha value is -2.15. The fourth-order valence-corrected chi connectivity index (χ4v) is 2.02. The number of pyridine rings is 1. The molecule has 0 saturated carbocycles. The normalized spacial score (nSPS) is 11.1. The second-order valence-corrected chi connectivity index (χ2v) is 4.06. The van der Waals surface area contributed by atoms with Crippen molar-refractivity contribution in [3.8, 4) is 5.88 Å². The summed E-state index contributed by atoms with van der Waals surface area (Å²) in [6.07, 6.45) is 1.28. The highest BCUT2D eigenvalue weighted by Gasteiger charge is 2.14. The molecule has 0 radical (unpaired) electrons. The van der Waals surface area contributed by atoms with E-state index in [1.165, 1.54) is 6.39 Å². The van der Waals surface area contributed by atoms with E-state index in [1.807, 2.05) is 10.6 Å². The first-order valence-electron chi connectivity index (χ1n) is 5.53. The van der Waals surface area contributed by atoms with Crippen molar-refractivity contribution in [2.45, 2.75) is 12.4 Å². The summed E-state index contributed by atoms with van der Waals surface area (Å²) in [6, 6.07) is 3.59. The van der Waals surface area contributed by atoms with Crippen molar-refractivity contribution in [1.29, 1.82) is 0 Å². The van der Waals surface area contributed by atoms with Crippen molar-refractivity contribution in [3.05, 3.63) is 30.2 Å². The summed E-state index contributed by atoms with van der Waals surface area (Å²) in [5.74, 6) is 2.02. The molecule has 0 aliphatic carbocycles. The van der Waals surface area contributed by atoms with Crippen LogP contribution in [0.3, 0.4) is 0 Å². The van der Waals surface area contributed by atoms with Crippen LogP contribution >= 0.6 is 11.6 Å². The standard InChI is InChI=1S/C11H10ClN5O2/c1-18-10-3-2-7-11(15-10)17(9(4-12)14-7)5-8-13-6-19-16-8/h2-3,6H,4-5H2,1H3. The quantitative estimate of drug-likeness (QED) is 0.675. The SMILES string of the molecule is COc1ccc2nc(CCl)n(Cc3ncon3)c2n1. The van der Waals surface area contributed by atoms with Gasteiger partial charge in [0.15, 0.2) is 11.5 Å². The number of rotatable bonds is 4. The Morgan fingerprint density at radius 3 is 2.95 bits per heavy atom. The maximum Gasteiger partial charge on any atom is 0.215 e. The average Bonchev–Trinajstić information content (AvgIpc) is 3.07. The molecule has 0 atom stereocenters. The first-order valence-corrected chi connectivity index (χ1v) is 6.06. The molecule has 0 aliphatic heterocycles. The first kappa shape index (κ1) is 11.9. The summed E-state index contributed by atoms with van der Waals surface area (Å²) >= 11 is 5.91. The van der Waals surface area contributed by atoms with Crippen LogP contribution in [-0.4, -0.2) is 31.8 Å². The number of fused-ring (bicyclic) bond motifs is 1. The van der Waals surface area contributed by atoms with Gasteiger partial charge in [-0.15, -0.1) is 11.6 Å². The van der Waals surface area contributed by atoms with Gasteiger partial charge in [-0.25, -0.2) is 4.98 Å². The molecule has 98 valence electrons. The Balaban J connectivity index is 2.13. The summed E-state index contributed by atoms with van der Waals surface area (Å²) in [5, 5.41) is 3.78. The van der Waals surface area contributed by atoms with Crippen LogP contribution in [0, 0.1) is 0 Å². The van der Waals surface area contributed by atoms with Gasteiger partial charge in [0.1, 0.15) is 11.3 Å². The van der Waals surface area contributed by atoms with Crippen LogP contribution in [0.1, 0.15) is 11.6 Å². The third-order valence-corrected chi connectivity index (χ3v) is 2.92. The maximum absolute atomic E-state index is 5.91. The minimum atomic E-state index is 0.274. The monoisotopic (exact) mass is 279 g/mol. The molecule has 0 fully saturated rings. The van der Waals surface area contributed by atoms with Gasteiger partial charge in [0.25, 0.3) is 0 Å². The van der Waals surface area contributed by atoms with Gasteiger partial charge in [-0.3, -0.25) is 0 Å². The lowest BCUT2D eigenvalue weighted by Gasteiger charge is -2.04. The van der Waals surface area contributed by atoms with Gasteiger partial charge in [-0.05, 0) is 6.07 Å². The van der Waals surface area contributed by atoms with Crippen molar-refractivity contribution < 1.29 is 9.26 Å².